The number of Topliss-reactive ketones (excluding diaryl/α,β-unsaturated/α-hetero) is 1. The fourth-order valence-electron chi connectivity index (χ4n) is 3.89. The van der Waals surface area contributed by atoms with Gasteiger partial charge in [0.1, 0.15) is 5.76 Å². The van der Waals surface area contributed by atoms with Gasteiger partial charge >= 0.3 is 5.97 Å². The molecule has 1 aromatic carbocycles. The number of carbonyl (C=O) groups excluding carboxylic acids is 2. The number of hydrogen-bond donors (Lipinski definition) is 0. The van der Waals surface area contributed by atoms with Crippen LogP contribution in [0.5, 0.6) is 0 Å². The summed E-state index contributed by atoms with van der Waals surface area (Å²) in [5.74, 6) is -0.418. The van der Waals surface area contributed by atoms with Crippen LogP contribution in [0.4, 0.5) is 0 Å². The molecular formula is C21H20O4. The highest BCUT2D eigenvalue weighted by Gasteiger charge is 2.43. The second kappa shape index (κ2) is 6.45. The number of rotatable bonds is 2. The Kier molecular flexibility index (Phi) is 4.14. The molecule has 4 nitrogen and oxygen atoms in total. The van der Waals surface area contributed by atoms with E-state index >= 15 is 0 Å². The topological polar surface area (TPSA) is 52.6 Å². The van der Waals surface area contributed by atoms with E-state index in [-0.39, 0.29) is 23.8 Å². The molecule has 0 N–H and O–H groups in total. The van der Waals surface area contributed by atoms with E-state index in [4.69, 9.17) is 9.47 Å². The quantitative estimate of drug-likeness (QED) is 0.775. The summed E-state index contributed by atoms with van der Waals surface area (Å²) in [6, 6.07) is 7.94. The number of benzene rings is 1. The molecule has 3 unspecified atom stereocenters. The minimum Gasteiger partial charge on any atom is -0.427 e. The third-order valence-electron chi connectivity index (χ3n) is 5.00. The van der Waals surface area contributed by atoms with Crippen molar-refractivity contribution in [1.29, 1.82) is 0 Å². The molecule has 0 spiro atoms. The van der Waals surface area contributed by atoms with Crippen LogP contribution < -0.4 is 0 Å². The van der Waals surface area contributed by atoms with E-state index in [1.165, 1.54) is 6.92 Å². The van der Waals surface area contributed by atoms with Crippen LogP contribution in [-0.2, 0) is 19.1 Å². The summed E-state index contributed by atoms with van der Waals surface area (Å²) in [6.07, 6.45) is 9.33. The number of esters is 1. The molecule has 128 valence electrons. The van der Waals surface area contributed by atoms with Gasteiger partial charge in [-0.05, 0) is 30.0 Å². The van der Waals surface area contributed by atoms with Gasteiger partial charge in [0.25, 0.3) is 0 Å². The van der Waals surface area contributed by atoms with Crippen LogP contribution in [0, 0.1) is 5.92 Å². The van der Waals surface area contributed by atoms with Crippen molar-refractivity contribution < 1.29 is 19.1 Å². The van der Waals surface area contributed by atoms with Crippen molar-refractivity contribution in [3.8, 4) is 0 Å². The Hall–Kier alpha value is -2.46. The summed E-state index contributed by atoms with van der Waals surface area (Å²) in [5, 5.41) is 0. The van der Waals surface area contributed by atoms with E-state index in [0.717, 1.165) is 29.5 Å². The van der Waals surface area contributed by atoms with Crippen LogP contribution in [0.1, 0.15) is 36.8 Å². The molecule has 0 saturated carbocycles. The van der Waals surface area contributed by atoms with Crippen molar-refractivity contribution in [3.05, 3.63) is 65.0 Å². The van der Waals surface area contributed by atoms with Gasteiger partial charge in [-0.3, -0.25) is 9.59 Å². The number of hydrogen-bond acceptors (Lipinski definition) is 4. The van der Waals surface area contributed by atoms with Crippen molar-refractivity contribution in [2.24, 2.45) is 5.92 Å². The average Bonchev–Trinajstić information content (AvgIpc) is 2.62. The third kappa shape index (κ3) is 2.87. The maximum atomic E-state index is 13.3. The summed E-state index contributed by atoms with van der Waals surface area (Å²) >= 11 is 0. The first-order valence-corrected chi connectivity index (χ1v) is 8.66. The van der Waals surface area contributed by atoms with Gasteiger partial charge < -0.3 is 9.47 Å². The molecule has 1 aromatic rings. The van der Waals surface area contributed by atoms with E-state index in [0.29, 0.717) is 12.4 Å². The fourth-order valence-corrected chi connectivity index (χ4v) is 3.89. The molecular weight excluding hydrogens is 316 g/mol. The zero-order valence-electron chi connectivity index (χ0n) is 14.1. The van der Waals surface area contributed by atoms with Crippen molar-refractivity contribution in [2.75, 3.05) is 6.61 Å². The molecule has 0 aromatic heterocycles. The number of ketones is 1. The van der Waals surface area contributed by atoms with Crippen molar-refractivity contribution in [2.45, 2.75) is 31.8 Å². The Morgan fingerprint density at radius 1 is 1.20 bits per heavy atom. The Labute approximate surface area is 146 Å². The third-order valence-corrected chi connectivity index (χ3v) is 5.00. The Morgan fingerprint density at radius 2 is 2.00 bits per heavy atom. The first-order chi connectivity index (χ1) is 12.1. The van der Waals surface area contributed by atoms with Crippen LogP contribution in [0.3, 0.4) is 0 Å². The van der Waals surface area contributed by atoms with Gasteiger partial charge in [-0.1, -0.05) is 42.5 Å². The monoisotopic (exact) mass is 336 g/mol. The van der Waals surface area contributed by atoms with Crippen molar-refractivity contribution in [1.82, 2.24) is 0 Å². The number of allylic oxidation sites excluding steroid dienone is 3. The highest BCUT2D eigenvalue weighted by Crippen LogP contribution is 2.41. The summed E-state index contributed by atoms with van der Waals surface area (Å²) in [6.45, 7) is 1.70. The normalized spacial score (nSPS) is 27.7. The number of fused-ring (bicyclic) bond motifs is 3. The minimum atomic E-state index is -0.397. The fraction of sp³-hybridized carbons (Fsp3) is 0.333. The number of ether oxygens (including phenoxy) is 2. The molecule has 4 heteroatoms. The lowest BCUT2D eigenvalue weighted by Gasteiger charge is -2.38. The van der Waals surface area contributed by atoms with E-state index < -0.39 is 5.92 Å². The zero-order valence-corrected chi connectivity index (χ0v) is 14.1. The second-order valence-electron chi connectivity index (χ2n) is 6.62. The van der Waals surface area contributed by atoms with Crippen molar-refractivity contribution >= 4 is 17.8 Å². The first-order valence-electron chi connectivity index (χ1n) is 8.66. The SMILES string of the molecule is CC(=O)OC1=CCCC=C1C1COC2C=Cc3ccccc3C2C1=O. The highest BCUT2D eigenvalue weighted by molar-refractivity contribution is 5.94. The first kappa shape index (κ1) is 16.0. The molecule has 1 saturated heterocycles. The Bertz CT molecular complexity index is 815. The molecule has 4 rings (SSSR count). The standard InChI is InChI=1S/C21H20O4/c1-13(22)25-18-9-5-4-8-16(18)17-12-24-19-11-10-14-6-2-3-7-15(14)20(19)21(17)23/h2-3,6-11,17,19-20H,4-5,12H2,1H3. The lowest BCUT2D eigenvalue weighted by Crippen LogP contribution is -2.43. The predicted octanol–water partition coefficient (Wildman–Crippen LogP) is 3.55. The molecule has 2 aliphatic carbocycles. The summed E-state index contributed by atoms with van der Waals surface area (Å²) in [7, 11) is 0. The maximum absolute atomic E-state index is 13.3. The van der Waals surface area contributed by atoms with Crippen LogP contribution >= 0.6 is 0 Å². The average molecular weight is 336 g/mol. The molecule has 0 amide bonds. The van der Waals surface area contributed by atoms with Gasteiger partial charge in [-0.25, -0.2) is 0 Å². The Morgan fingerprint density at radius 3 is 2.84 bits per heavy atom. The number of carbonyl (C=O) groups is 2. The van der Waals surface area contributed by atoms with Gasteiger partial charge in [0.05, 0.1) is 24.5 Å². The van der Waals surface area contributed by atoms with E-state index in [1.807, 2.05) is 48.6 Å². The molecule has 25 heavy (non-hydrogen) atoms. The minimum absolute atomic E-state index is 0.138. The molecule has 1 fully saturated rings. The lowest BCUT2D eigenvalue weighted by molar-refractivity contribution is -0.139. The molecule has 0 bridgehead atoms. The molecule has 3 aliphatic rings. The molecule has 1 heterocycles. The van der Waals surface area contributed by atoms with Gasteiger partial charge in [0.2, 0.25) is 0 Å². The smallest absolute Gasteiger partial charge is 0.308 e. The Balaban J connectivity index is 1.67. The second-order valence-corrected chi connectivity index (χ2v) is 6.62. The van der Waals surface area contributed by atoms with Crippen LogP contribution in [0.2, 0.25) is 0 Å². The summed E-state index contributed by atoms with van der Waals surface area (Å²) in [4.78, 5) is 24.7. The van der Waals surface area contributed by atoms with Crippen LogP contribution in [0.15, 0.2) is 53.8 Å². The van der Waals surface area contributed by atoms with Crippen LogP contribution in [0.25, 0.3) is 6.08 Å². The predicted molar refractivity (Wildman–Crippen MR) is 93.6 cm³/mol. The summed E-state index contributed by atoms with van der Waals surface area (Å²) < 4.78 is 11.4. The molecule has 3 atom stereocenters. The molecule has 1 aliphatic heterocycles. The summed E-state index contributed by atoms with van der Waals surface area (Å²) in [5.41, 5.74) is 2.87. The van der Waals surface area contributed by atoms with Gasteiger partial charge in [0.15, 0.2) is 5.78 Å². The van der Waals surface area contributed by atoms with E-state index in [1.54, 1.807) is 0 Å². The van der Waals surface area contributed by atoms with Crippen LogP contribution in [-0.4, -0.2) is 24.5 Å². The van der Waals surface area contributed by atoms with Gasteiger partial charge in [0, 0.05) is 12.5 Å². The van der Waals surface area contributed by atoms with E-state index in [2.05, 4.69) is 0 Å². The van der Waals surface area contributed by atoms with Gasteiger partial charge in [-0.15, -0.1) is 0 Å². The molecule has 0 radical (unpaired) electrons. The zero-order chi connectivity index (χ0) is 17.4. The van der Waals surface area contributed by atoms with Crippen molar-refractivity contribution in [3.63, 3.8) is 0 Å². The largest absolute Gasteiger partial charge is 0.427 e. The highest BCUT2D eigenvalue weighted by atomic mass is 16.5. The lowest BCUT2D eigenvalue weighted by atomic mass is 9.74. The maximum Gasteiger partial charge on any atom is 0.308 e. The van der Waals surface area contributed by atoms with E-state index in [9.17, 15) is 9.59 Å². The van der Waals surface area contributed by atoms with Gasteiger partial charge in [-0.2, -0.15) is 0 Å².